The summed E-state index contributed by atoms with van der Waals surface area (Å²) >= 11 is 1.87. The summed E-state index contributed by atoms with van der Waals surface area (Å²) in [7, 11) is 3.94. The third-order valence-electron chi connectivity index (χ3n) is 4.28. The van der Waals surface area contributed by atoms with Gasteiger partial charge in [-0.1, -0.05) is 18.2 Å². The fourth-order valence-electron chi connectivity index (χ4n) is 2.86. The summed E-state index contributed by atoms with van der Waals surface area (Å²) in [6, 6.07) is 14.2. The molecule has 0 radical (unpaired) electrons. The average Bonchev–Trinajstić information content (AvgIpc) is 3.09. The van der Waals surface area contributed by atoms with Gasteiger partial charge in [0, 0.05) is 49.7 Å². The number of rotatable bonds is 5. The number of hydrogen-bond acceptors (Lipinski definition) is 4. The molecule has 2 aromatic rings. The van der Waals surface area contributed by atoms with Crippen LogP contribution in [0.25, 0.3) is 0 Å². The van der Waals surface area contributed by atoms with Gasteiger partial charge in [-0.3, -0.25) is 9.78 Å². The van der Waals surface area contributed by atoms with Crippen LogP contribution < -0.4 is 4.90 Å². The minimum atomic E-state index is 0.0471. The van der Waals surface area contributed by atoms with Crippen LogP contribution in [-0.4, -0.2) is 48.7 Å². The van der Waals surface area contributed by atoms with Crippen molar-refractivity contribution in [3.63, 3.8) is 0 Å². The number of nitrogens with zero attached hydrogens (tertiary/aromatic N) is 3. The molecule has 1 aromatic carbocycles. The zero-order valence-electron chi connectivity index (χ0n) is 14.2. The molecule has 4 nitrogen and oxygen atoms in total. The fourth-order valence-corrected chi connectivity index (χ4v) is 3.91. The maximum Gasteiger partial charge on any atom is 0.272 e. The van der Waals surface area contributed by atoms with Crippen molar-refractivity contribution in [2.45, 2.75) is 11.3 Å². The third-order valence-corrected chi connectivity index (χ3v) is 5.52. The summed E-state index contributed by atoms with van der Waals surface area (Å²) in [5.41, 5.74) is 1.54. The predicted octanol–water partition coefficient (Wildman–Crippen LogP) is 3.40. The van der Waals surface area contributed by atoms with Crippen molar-refractivity contribution < 1.29 is 4.79 Å². The SMILES string of the molecule is CN(C)c1ccnc(C(=O)N2CC[C@@H](CSc3ccccc3)C2)c1. The quantitative estimate of drug-likeness (QED) is 0.781. The van der Waals surface area contributed by atoms with Gasteiger partial charge in [0.25, 0.3) is 5.91 Å². The Hall–Kier alpha value is -2.01. The smallest absolute Gasteiger partial charge is 0.272 e. The van der Waals surface area contributed by atoms with Crippen molar-refractivity contribution >= 4 is 23.4 Å². The van der Waals surface area contributed by atoms with E-state index in [-0.39, 0.29) is 5.91 Å². The predicted molar refractivity (Wildman–Crippen MR) is 99.7 cm³/mol. The lowest BCUT2D eigenvalue weighted by Gasteiger charge is -2.18. The Bertz CT molecular complexity index is 690. The zero-order valence-corrected chi connectivity index (χ0v) is 15.0. The molecule has 0 unspecified atom stereocenters. The second-order valence-corrected chi connectivity index (χ2v) is 7.42. The van der Waals surface area contributed by atoms with Crippen LogP contribution in [0, 0.1) is 5.92 Å². The van der Waals surface area contributed by atoms with E-state index in [2.05, 4.69) is 29.2 Å². The molecule has 126 valence electrons. The Morgan fingerprint density at radius 1 is 1.29 bits per heavy atom. The number of pyridine rings is 1. The van der Waals surface area contributed by atoms with Crippen molar-refractivity contribution in [2.75, 3.05) is 37.8 Å². The Labute approximate surface area is 147 Å². The van der Waals surface area contributed by atoms with E-state index in [4.69, 9.17) is 0 Å². The van der Waals surface area contributed by atoms with Crippen LogP contribution in [0.2, 0.25) is 0 Å². The fraction of sp³-hybridized carbons (Fsp3) is 0.368. The molecule has 5 heteroatoms. The largest absolute Gasteiger partial charge is 0.378 e. The van der Waals surface area contributed by atoms with Crippen LogP contribution in [0.15, 0.2) is 53.6 Å². The molecule has 0 aliphatic carbocycles. The van der Waals surface area contributed by atoms with E-state index in [0.29, 0.717) is 11.6 Å². The van der Waals surface area contributed by atoms with E-state index in [1.165, 1.54) is 4.90 Å². The van der Waals surface area contributed by atoms with Crippen LogP contribution in [-0.2, 0) is 0 Å². The van der Waals surface area contributed by atoms with Gasteiger partial charge in [-0.25, -0.2) is 0 Å². The third kappa shape index (κ3) is 4.09. The number of anilines is 1. The van der Waals surface area contributed by atoms with E-state index in [1.807, 2.05) is 53.9 Å². The molecule has 3 rings (SSSR count). The molecule has 2 heterocycles. The Balaban J connectivity index is 1.57. The molecule has 0 N–H and O–H groups in total. The molecule has 1 aliphatic rings. The lowest BCUT2D eigenvalue weighted by molar-refractivity contribution is 0.0782. The van der Waals surface area contributed by atoms with Crippen molar-refractivity contribution in [3.05, 3.63) is 54.4 Å². The van der Waals surface area contributed by atoms with E-state index in [0.717, 1.165) is 31.0 Å². The van der Waals surface area contributed by atoms with Gasteiger partial charge in [-0.05, 0) is 36.6 Å². The molecule has 1 saturated heterocycles. The molecular formula is C19H23N3OS. The van der Waals surface area contributed by atoms with E-state index >= 15 is 0 Å². The summed E-state index contributed by atoms with van der Waals surface area (Å²) in [6.45, 7) is 1.65. The molecule has 0 saturated carbocycles. The number of benzene rings is 1. The first-order valence-electron chi connectivity index (χ1n) is 8.24. The van der Waals surface area contributed by atoms with Gasteiger partial charge in [-0.2, -0.15) is 0 Å². The highest BCUT2D eigenvalue weighted by atomic mass is 32.2. The van der Waals surface area contributed by atoms with Crippen LogP contribution >= 0.6 is 11.8 Å². The molecular weight excluding hydrogens is 318 g/mol. The first-order valence-corrected chi connectivity index (χ1v) is 9.22. The van der Waals surface area contributed by atoms with Gasteiger partial charge in [-0.15, -0.1) is 11.8 Å². The number of amides is 1. The number of likely N-dealkylation sites (tertiary alicyclic amines) is 1. The lowest BCUT2D eigenvalue weighted by Crippen LogP contribution is -2.29. The average molecular weight is 341 g/mol. The standard InChI is InChI=1S/C19H23N3OS/c1-21(2)16-8-10-20-18(12-16)19(23)22-11-9-15(13-22)14-24-17-6-4-3-5-7-17/h3-8,10,12,15H,9,11,13-14H2,1-2H3/t15-/m1/s1. The highest BCUT2D eigenvalue weighted by molar-refractivity contribution is 7.99. The highest BCUT2D eigenvalue weighted by Gasteiger charge is 2.27. The summed E-state index contributed by atoms with van der Waals surface area (Å²) < 4.78 is 0. The number of carbonyl (C=O) groups excluding carboxylic acids is 1. The van der Waals surface area contributed by atoms with Gasteiger partial charge < -0.3 is 9.80 Å². The second kappa shape index (κ2) is 7.71. The van der Waals surface area contributed by atoms with Gasteiger partial charge in [0.05, 0.1) is 0 Å². The van der Waals surface area contributed by atoms with Crippen LogP contribution in [0.3, 0.4) is 0 Å². The number of hydrogen-bond donors (Lipinski definition) is 0. The molecule has 0 spiro atoms. The normalized spacial score (nSPS) is 17.1. The molecule has 1 aromatic heterocycles. The summed E-state index contributed by atoms with van der Waals surface area (Å²) in [4.78, 5) is 22.2. The van der Waals surface area contributed by atoms with Crippen LogP contribution in [0.1, 0.15) is 16.9 Å². The van der Waals surface area contributed by atoms with Gasteiger partial charge in [0.1, 0.15) is 5.69 Å². The van der Waals surface area contributed by atoms with Gasteiger partial charge in [0.2, 0.25) is 0 Å². The van der Waals surface area contributed by atoms with Crippen molar-refractivity contribution in [1.29, 1.82) is 0 Å². The highest BCUT2D eigenvalue weighted by Crippen LogP contribution is 2.26. The first kappa shape index (κ1) is 16.8. The minimum absolute atomic E-state index is 0.0471. The van der Waals surface area contributed by atoms with E-state index < -0.39 is 0 Å². The van der Waals surface area contributed by atoms with Gasteiger partial charge >= 0.3 is 0 Å². The van der Waals surface area contributed by atoms with Crippen molar-refractivity contribution in [3.8, 4) is 0 Å². The number of carbonyl (C=O) groups is 1. The summed E-state index contributed by atoms with van der Waals surface area (Å²) in [6.07, 6.45) is 2.78. The molecule has 1 fully saturated rings. The Morgan fingerprint density at radius 2 is 2.08 bits per heavy atom. The lowest BCUT2D eigenvalue weighted by atomic mass is 10.2. The van der Waals surface area contributed by atoms with Crippen molar-refractivity contribution in [1.82, 2.24) is 9.88 Å². The van der Waals surface area contributed by atoms with Crippen LogP contribution in [0.4, 0.5) is 5.69 Å². The van der Waals surface area contributed by atoms with Crippen LogP contribution in [0.5, 0.6) is 0 Å². The van der Waals surface area contributed by atoms with Crippen molar-refractivity contribution in [2.24, 2.45) is 5.92 Å². The summed E-state index contributed by atoms with van der Waals surface area (Å²) in [5, 5.41) is 0. The maximum absolute atomic E-state index is 12.7. The molecule has 24 heavy (non-hydrogen) atoms. The molecule has 1 atom stereocenters. The molecule has 1 amide bonds. The van der Waals surface area contributed by atoms with E-state index in [9.17, 15) is 4.79 Å². The Morgan fingerprint density at radius 3 is 2.83 bits per heavy atom. The monoisotopic (exact) mass is 341 g/mol. The maximum atomic E-state index is 12.7. The molecule has 1 aliphatic heterocycles. The topological polar surface area (TPSA) is 36.4 Å². The first-order chi connectivity index (χ1) is 11.6. The zero-order chi connectivity index (χ0) is 16.9. The minimum Gasteiger partial charge on any atom is -0.378 e. The van der Waals surface area contributed by atoms with Gasteiger partial charge in [0.15, 0.2) is 0 Å². The Kier molecular flexibility index (Phi) is 5.41. The van der Waals surface area contributed by atoms with E-state index in [1.54, 1.807) is 6.20 Å². The molecule has 0 bridgehead atoms. The number of aromatic nitrogens is 1. The summed E-state index contributed by atoms with van der Waals surface area (Å²) in [5.74, 6) is 1.65. The number of thioether (sulfide) groups is 1. The second-order valence-electron chi connectivity index (χ2n) is 6.32.